The number of nitrogens with zero attached hydrogens (tertiary/aromatic N) is 1. The molecule has 1 N–H and O–H groups in total. The molecule has 0 aromatic heterocycles. The normalized spacial score (nSPS) is 11.7. The summed E-state index contributed by atoms with van der Waals surface area (Å²) in [4.78, 5) is 22.4. The predicted molar refractivity (Wildman–Crippen MR) is 84.8 cm³/mol. The van der Waals surface area contributed by atoms with Gasteiger partial charge in [-0.15, -0.1) is 0 Å². The van der Waals surface area contributed by atoms with Crippen molar-refractivity contribution in [3.8, 4) is 0 Å². The number of amides is 1. The van der Waals surface area contributed by atoms with Crippen LogP contribution in [0, 0.1) is 17.0 Å². The lowest BCUT2D eigenvalue weighted by molar-refractivity contribution is -0.384. The molecular formula is C17H18N2O3. The molecule has 0 aliphatic rings. The number of nitro groups is 1. The van der Waals surface area contributed by atoms with Gasteiger partial charge in [-0.25, -0.2) is 0 Å². The number of benzene rings is 2. The first-order valence-electron chi connectivity index (χ1n) is 7.13. The van der Waals surface area contributed by atoms with Crippen LogP contribution in [0.2, 0.25) is 0 Å². The Kier molecular flexibility index (Phi) is 4.88. The minimum absolute atomic E-state index is 0.0258. The van der Waals surface area contributed by atoms with Crippen LogP contribution >= 0.6 is 0 Å². The third kappa shape index (κ3) is 3.69. The van der Waals surface area contributed by atoms with Crippen molar-refractivity contribution in [2.24, 2.45) is 0 Å². The summed E-state index contributed by atoms with van der Waals surface area (Å²) in [5, 5.41) is 13.6. The second-order valence-electron chi connectivity index (χ2n) is 5.15. The van der Waals surface area contributed by atoms with Crippen LogP contribution in [-0.2, 0) is 0 Å². The Morgan fingerprint density at radius 3 is 2.23 bits per heavy atom. The molecule has 22 heavy (non-hydrogen) atoms. The molecule has 0 spiro atoms. The molecule has 1 atom stereocenters. The molecule has 0 saturated heterocycles. The number of carbonyl (C=O) groups excluding carboxylic acids is 1. The predicted octanol–water partition coefficient (Wildman–Crippen LogP) is 3.78. The highest BCUT2D eigenvalue weighted by atomic mass is 16.6. The highest BCUT2D eigenvalue weighted by Gasteiger charge is 2.15. The van der Waals surface area contributed by atoms with E-state index in [-0.39, 0.29) is 17.6 Å². The Balaban J connectivity index is 2.11. The van der Waals surface area contributed by atoms with E-state index in [2.05, 4.69) is 5.32 Å². The zero-order valence-electron chi connectivity index (χ0n) is 12.6. The molecule has 2 aromatic carbocycles. The van der Waals surface area contributed by atoms with Gasteiger partial charge in [0, 0.05) is 17.7 Å². The number of nitro benzene ring substituents is 1. The standard InChI is InChI=1S/C17H18N2O3/c1-3-16(13-6-4-12(2)5-7-13)18-17(20)14-8-10-15(11-9-14)19(21)22/h4-11,16H,3H2,1-2H3,(H,18,20). The topological polar surface area (TPSA) is 72.2 Å². The van der Waals surface area contributed by atoms with E-state index in [1.54, 1.807) is 0 Å². The summed E-state index contributed by atoms with van der Waals surface area (Å²) in [6.07, 6.45) is 0.766. The molecule has 5 heteroatoms. The van der Waals surface area contributed by atoms with E-state index in [9.17, 15) is 14.9 Å². The van der Waals surface area contributed by atoms with E-state index in [0.717, 1.165) is 12.0 Å². The SMILES string of the molecule is CCC(NC(=O)c1ccc([N+](=O)[O-])cc1)c1ccc(C)cc1. The van der Waals surface area contributed by atoms with Gasteiger partial charge in [0.05, 0.1) is 11.0 Å². The Morgan fingerprint density at radius 2 is 1.73 bits per heavy atom. The molecule has 0 radical (unpaired) electrons. The van der Waals surface area contributed by atoms with Gasteiger partial charge in [0.15, 0.2) is 0 Å². The third-order valence-electron chi connectivity index (χ3n) is 3.53. The fraction of sp³-hybridized carbons (Fsp3) is 0.235. The van der Waals surface area contributed by atoms with Crippen LogP contribution in [0.15, 0.2) is 48.5 Å². The van der Waals surface area contributed by atoms with Gasteiger partial charge in [-0.05, 0) is 31.0 Å². The minimum Gasteiger partial charge on any atom is -0.345 e. The number of aryl methyl sites for hydroxylation is 1. The molecule has 1 amide bonds. The van der Waals surface area contributed by atoms with Crippen LogP contribution in [-0.4, -0.2) is 10.8 Å². The van der Waals surface area contributed by atoms with Crippen molar-refractivity contribution in [1.29, 1.82) is 0 Å². The Morgan fingerprint density at radius 1 is 1.14 bits per heavy atom. The number of hydrogen-bond acceptors (Lipinski definition) is 3. The smallest absolute Gasteiger partial charge is 0.269 e. The fourth-order valence-corrected chi connectivity index (χ4v) is 2.20. The summed E-state index contributed by atoms with van der Waals surface area (Å²) in [6, 6.07) is 13.5. The van der Waals surface area contributed by atoms with Gasteiger partial charge >= 0.3 is 0 Å². The molecule has 0 aliphatic heterocycles. The average molecular weight is 298 g/mol. The van der Waals surface area contributed by atoms with E-state index < -0.39 is 4.92 Å². The highest BCUT2D eigenvalue weighted by molar-refractivity contribution is 5.94. The van der Waals surface area contributed by atoms with Gasteiger partial charge in [0.2, 0.25) is 0 Å². The van der Waals surface area contributed by atoms with Crippen molar-refractivity contribution >= 4 is 11.6 Å². The Hall–Kier alpha value is -2.69. The highest BCUT2D eigenvalue weighted by Crippen LogP contribution is 2.18. The maximum atomic E-state index is 12.3. The molecule has 0 aliphatic carbocycles. The summed E-state index contributed by atoms with van der Waals surface area (Å²) >= 11 is 0. The van der Waals surface area contributed by atoms with Crippen molar-refractivity contribution in [1.82, 2.24) is 5.32 Å². The van der Waals surface area contributed by atoms with Gasteiger partial charge in [-0.3, -0.25) is 14.9 Å². The quantitative estimate of drug-likeness (QED) is 0.674. The van der Waals surface area contributed by atoms with Crippen molar-refractivity contribution in [3.63, 3.8) is 0 Å². The van der Waals surface area contributed by atoms with Crippen LogP contribution in [0.3, 0.4) is 0 Å². The van der Waals surface area contributed by atoms with Crippen LogP contribution < -0.4 is 5.32 Å². The first kappa shape index (κ1) is 15.7. The van der Waals surface area contributed by atoms with Crippen LogP contribution in [0.1, 0.15) is 40.9 Å². The third-order valence-corrected chi connectivity index (χ3v) is 3.53. The van der Waals surface area contributed by atoms with E-state index in [4.69, 9.17) is 0 Å². The number of carbonyl (C=O) groups is 1. The van der Waals surface area contributed by atoms with Gasteiger partial charge in [-0.2, -0.15) is 0 Å². The maximum absolute atomic E-state index is 12.3. The lowest BCUT2D eigenvalue weighted by atomic mass is 10.0. The molecule has 0 fully saturated rings. The lowest BCUT2D eigenvalue weighted by Gasteiger charge is -2.17. The molecule has 2 rings (SSSR count). The number of nitrogens with one attached hydrogen (secondary N) is 1. The van der Waals surface area contributed by atoms with Crippen molar-refractivity contribution in [2.75, 3.05) is 0 Å². The summed E-state index contributed by atoms with van der Waals surface area (Å²) in [5.41, 5.74) is 2.60. The Bertz CT molecular complexity index is 663. The lowest BCUT2D eigenvalue weighted by Crippen LogP contribution is -2.28. The minimum atomic E-state index is -0.483. The van der Waals surface area contributed by atoms with E-state index in [0.29, 0.717) is 5.56 Å². The molecular weight excluding hydrogens is 280 g/mol. The Labute approximate surface area is 129 Å². The average Bonchev–Trinajstić information content (AvgIpc) is 2.53. The van der Waals surface area contributed by atoms with E-state index in [1.165, 1.54) is 29.8 Å². The largest absolute Gasteiger partial charge is 0.345 e. The second kappa shape index (κ2) is 6.85. The first-order valence-corrected chi connectivity index (χ1v) is 7.13. The van der Waals surface area contributed by atoms with Gasteiger partial charge in [-0.1, -0.05) is 36.8 Å². The van der Waals surface area contributed by atoms with E-state index in [1.807, 2.05) is 38.1 Å². The van der Waals surface area contributed by atoms with Crippen LogP contribution in [0.5, 0.6) is 0 Å². The molecule has 0 heterocycles. The summed E-state index contributed by atoms with van der Waals surface area (Å²) in [5.74, 6) is -0.234. The van der Waals surface area contributed by atoms with Gasteiger partial charge < -0.3 is 5.32 Å². The van der Waals surface area contributed by atoms with Crippen LogP contribution in [0.4, 0.5) is 5.69 Å². The summed E-state index contributed by atoms with van der Waals surface area (Å²) in [7, 11) is 0. The van der Waals surface area contributed by atoms with Gasteiger partial charge in [0.1, 0.15) is 0 Å². The zero-order valence-corrected chi connectivity index (χ0v) is 12.6. The van der Waals surface area contributed by atoms with Gasteiger partial charge in [0.25, 0.3) is 11.6 Å². The molecule has 114 valence electrons. The second-order valence-corrected chi connectivity index (χ2v) is 5.15. The molecule has 0 saturated carbocycles. The molecule has 1 unspecified atom stereocenters. The number of rotatable bonds is 5. The van der Waals surface area contributed by atoms with Crippen molar-refractivity contribution < 1.29 is 9.72 Å². The van der Waals surface area contributed by atoms with E-state index >= 15 is 0 Å². The fourth-order valence-electron chi connectivity index (χ4n) is 2.20. The zero-order chi connectivity index (χ0) is 16.1. The van der Waals surface area contributed by atoms with Crippen LogP contribution in [0.25, 0.3) is 0 Å². The first-order chi connectivity index (χ1) is 10.5. The maximum Gasteiger partial charge on any atom is 0.269 e. The molecule has 5 nitrogen and oxygen atoms in total. The van der Waals surface area contributed by atoms with Crippen molar-refractivity contribution in [3.05, 3.63) is 75.3 Å². The molecule has 0 bridgehead atoms. The monoisotopic (exact) mass is 298 g/mol. The number of non-ortho nitro benzene ring substituents is 1. The van der Waals surface area contributed by atoms with Crippen molar-refractivity contribution in [2.45, 2.75) is 26.3 Å². The summed E-state index contributed by atoms with van der Waals surface area (Å²) < 4.78 is 0. The summed E-state index contributed by atoms with van der Waals surface area (Å²) in [6.45, 7) is 4.01. The number of hydrogen-bond donors (Lipinski definition) is 1. The molecule has 2 aromatic rings.